The molecule has 9 heavy (non-hydrogen) atoms. The molecule has 0 rings (SSSR count). The van der Waals surface area contributed by atoms with Gasteiger partial charge in [0.15, 0.2) is 5.92 Å². The lowest BCUT2D eigenvalue weighted by Crippen LogP contribution is -2.24. The third-order valence-corrected chi connectivity index (χ3v) is 0.563. The van der Waals surface area contributed by atoms with Crippen LogP contribution in [0.3, 0.4) is 0 Å². The predicted octanol–water partition coefficient (Wildman–Crippen LogP) is 0.384. The third-order valence-electron chi connectivity index (χ3n) is 0.563. The SMILES string of the molecule is O=[C]C([C]=O)C(F)(F)F. The number of halogens is 3. The highest BCUT2D eigenvalue weighted by atomic mass is 19.4. The van der Waals surface area contributed by atoms with Crippen LogP contribution >= 0.6 is 0 Å². The first kappa shape index (κ1) is 8.13. The van der Waals surface area contributed by atoms with Gasteiger partial charge in [-0.15, -0.1) is 0 Å². The minimum Gasteiger partial charge on any atom is -0.290 e. The van der Waals surface area contributed by atoms with E-state index in [1.165, 1.54) is 0 Å². The predicted molar refractivity (Wildman–Crippen MR) is 20.9 cm³/mol. The average Bonchev–Trinajstić information content (AvgIpc) is 1.65. The zero-order chi connectivity index (χ0) is 7.49. The maximum Gasteiger partial charge on any atom is 0.406 e. The summed E-state index contributed by atoms with van der Waals surface area (Å²) in [5.41, 5.74) is 0. The van der Waals surface area contributed by atoms with Crippen LogP contribution in [0.15, 0.2) is 0 Å². The highest BCUT2D eigenvalue weighted by Crippen LogP contribution is 2.22. The summed E-state index contributed by atoms with van der Waals surface area (Å²) >= 11 is 0. The van der Waals surface area contributed by atoms with Crippen molar-refractivity contribution in [2.45, 2.75) is 6.18 Å². The van der Waals surface area contributed by atoms with Crippen LogP contribution in [0.4, 0.5) is 13.2 Å². The maximum absolute atomic E-state index is 11.2. The Kier molecular flexibility index (Phi) is 2.36. The van der Waals surface area contributed by atoms with Gasteiger partial charge < -0.3 is 0 Å². The fraction of sp³-hybridized carbons (Fsp3) is 0.500. The van der Waals surface area contributed by atoms with Gasteiger partial charge in [0.05, 0.1) is 0 Å². The lowest BCUT2D eigenvalue weighted by atomic mass is 10.2. The van der Waals surface area contributed by atoms with Crippen molar-refractivity contribution in [3.63, 3.8) is 0 Å². The topological polar surface area (TPSA) is 34.1 Å². The van der Waals surface area contributed by atoms with Gasteiger partial charge in [0.25, 0.3) is 0 Å². The Hall–Kier alpha value is -0.870. The summed E-state index contributed by atoms with van der Waals surface area (Å²) in [5.74, 6) is -2.71. The summed E-state index contributed by atoms with van der Waals surface area (Å²) in [6, 6.07) is 0. The van der Waals surface area contributed by atoms with Crippen molar-refractivity contribution in [2.24, 2.45) is 5.92 Å². The molecule has 0 amide bonds. The smallest absolute Gasteiger partial charge is 0.290 e. The minimum absolute atomic E-state index is 0.493. The van der Waals surface area contributed by atoms with Crippen LogP contribution in [-0.4, -0.2) is 18.7 Å². The molecule has 0 aromatic heterocycles. The van der Waals surface area contributed by atoms with Crippen molar-refractivity contribution in [1.29, 1.82) is 0 Å². The van der Waals surface area contributed by atoms with E-state index in [0.717, 1.165) is 0 Å². The second-order valence-electron chi connectivity index (χ2n) is 1.21. The van der Waals surface area contributed by atoms with Crippen molar-refractivity contribution in [2.75, 3.05) is 0 Å². The fourth-order valence-electron chi connectivity index (χ4n) is 0.158. The van der Waals surface area contributed by atoms with E-state index in [0.29, 0.717) is 12.6 Å². The first-order valence-electron chi connectivity index (χ1n) is 1.84. The Morgan fingerprint density at radius 1 is 1.11 bits per heavy atom. The Morgan fingerprint density at radius 2 is 1.44 bits per heavy atom. The summed E-state index contributed by atoms with van der Waals surface area (Å²) in [5, 5.41) is 0. The average molecular weight is 138 g/mol. The summed E-state index contributed by atoms with van der Waals surface area (Å²) in [4.78, 5) is 18.6. The minimum atomic E-state index is -4.83. The van der Waals surface area contributed by atoms with Gasteiger partial charge in [0, 0.05) is 0 Å². The van der Waals surface area contributed by atoms with Gasteiger partial charge in [0.1, 0.15) is 0 Å². The second kappa shape index (κ2) is 2.61. The normalized spacial score (nSPS) is 11.6. The van der Waals surface area contributed by atoms with E-state index >= 15 is 0 Å². The molecule has 5 heteroatoms. The molecule has 0 unspecified atom stereocenters. The number of carbonyl (C=O) groups excluding carboxylic acids is 2. The van der Waals surface area contributed by atoms with E-state index in [9.17, 15) is 22.8 Å². The van der Waals surface area contributed by atoms with Crippen LogP contribution in [0, 0.1) is 5.92 Å². The monoisotopic (exact) mass is 138 g/mol. The lowest BCUT2D eigenvalue weighted by Gasteiger charge is -2.03. The van der Waals surface area contributed by atoms with E-state index in [4.69, 9.17) is 0 Å². The molecule has 2 radical (unpaired) electrons. The molecule has 0 aromatic rings. The van der Waals surface area contributed by atoms with Gasteiger partial charge in [0.2, 0.25) is 12.6 Å². The number of hydrogen-bond acceptors (Lipinski definition) is 2. The van der Waals surface area contributed by atoms with Gasteiger partial charge in [-0.05, 0) is 0 Å². The van der Waals surface area contributed by atoms with Gasteiger partial charge in [-0.25, -0.2) is 0 Å². The van der Waals surface area contributed by atoms with E-state index < -0.39 is 12.1 Å². The molecule has 0 heterocycles. The first-order valence-corrected chi connectivity index (χ1v) is 1.84. The molecule has 0 bridgehead atoms. The van der Waals surface area contributed by atoms with Crippen molar-refractivity contribution in [1.82, 2.24) is 0 Å². The molecular formula is C4HF3O2. The highest BCUT2D eigenvalue weighted by molar-refractivity contribution is 5.79. The third kappa shape index (κ3) is 2.25. The van der Waals surface area contributed by atoms with E-state index in [-0.39, 0.29) is 0 Å². The van der Waals surface area contributed by atoms with Gasteiger partial charge in [-0.3, -0.25) is 9.59 Å². The molecule has 0 aliphatic rings. The van der Waals surface area contributed by atoms with E-state index in [2.05, 4.69) is 0 Å². The van der Waals surface area contributed by atoms with Crippen LogP contribution in [-0.2, 0) is 9.59 Å². The van der Waals surface area contributed by atoms with Crippen molar-refractivity contribution in [3.05, 3.63) is 0 Å². The van der Waals surface area contributed by atoms with Crippen molar-refractivity contribution >= 4 is 12.6 Å². The van der Waals surface area contributed by atoms with Gasteiger partial charge >= 0.3 is 6.18 Å². The largest absolute Gasteiger partial charge is 0.406 e. The van der Waals surface area contributed by atoms with Gasteiger partial charge in [-0.1, -0.05) is 0 Å². The van der Waals surface area contributed by atoms with Crippen LogP contribution in [0.5, 0.6) is 0 Å². The molecule has 0 saturated carbocycles. The number of rotatable bonds is 2. The molecular weight excluding hydrogens is 137 g/mol. The van der Waals surface area contributed by atoms with E-state index in [1.807, 2.05) is 0 Å². The van der Waals surface area contributed by atoms with Gasteiger partial charge in [-0.2, -0.15) is 13.2 Å². The standard InChI is InChI=1S/C4HF3O2/c5-4(6,7)3(1-8)2-9/h3H. The summed E-state index contributed by atoms with van der Waals surface area (Å²) in [7, 11) is 0. The Balaban J connectivity index is 4.11. The Labute approximate surface area is 48.7 Å². The highest BCUT2D eigenvalue weighted by Gasteiger charge is 2.40. The maximum atomic E-state index is 11.2. The molecule has 0 N–H and O–H groups in total. The van der Waals surface area contributed by atoms with Crippen LogP contribution in [0.1, 0.15) is 0 Å². The van der Waals surface area contributed by atoms with E-state index in [1.54, 1.807) is 0 Å². The molecule has 2 nitrogen and oxygen atoms in total. The summed E-state index contributed by atoms with van der Waals surface area (Å²) < 4.78 is 33.6. The molecule has 0 aromatic carbocycles. The zero-order valence-electron chi connectivity index (χ0n) is 4.03. The van der Waals surface area contributed by atoms with Crippen LogP contribution in [0.2, 0.25) is 0 Å². The Bertz CT molecular complexity index is 109. The molecule has 0 aliphatic carbocycles. The zero-order valence-corrected chi connectivity index (χ0v) is 4.03. The van der Waals surface area contributed by atoms with Crippen molar-refractivity contribution < 1.29 is 22.8 Å². The molecule has 0 aliphatic heterocycles. The summed E-state index contributed by atoms with van der Waals surface area (Å²) in [6.45, 7) is 0. The molecule has 0 atom stereocenters. The number of hydrogen-bond donors (Lipinski definition) is 0. The quantitative estimate of drug-likeness (QED) is 0.517. The Morgan fingerprint density at radius 3 is 1.44 bits per heavy atom. The second-order valence-corrected chi connectivity index (χ2v) is 1.21. The summed E-state index contributed by atoms with van der Waals surface area (Å²) in [6.07, 6.45) is -3.84. The molecule has 0 spiro atoms. The van der Waals surface area contributed by atoms with Crippen molar-refractivity contribution in [3.8, 4) is 0 Å². The fourth-order valence-corrected chi connectivity index (χ4v) is 0.158. The first-order chi connectivity index (χ1) is 4.02. The molecule has 50 valence electrons. The van der Waals surface area contributed by atoms with Crippen LogP contribution in [0.25, 0.3) is 0 Å². The molecule has 0 saturated heterocycles. The van der Waals surface area contributed by atoms with Crippen LogP contribution < -0.4 is 0 Å². The molecule has 0 fully saturated rings. The lowest BCUT2D eigenvalue weighted by molar-refractivity contribution is -0.139. The number of alkyl halides is 3.